The van der Waals surface area contributed by atoms with Gasteiger partial charge in [0.25, 0.3) is 0 Å². The maximum atomic E-state index is 13.2. The number of rotatable bonds is 8. The minimum absolute atomic E-state index is 0.363. The Morgan fingerprint density at radius 2 is 1.93 bits per heavy atom. The van der Waals surface area contributed by atoms with Crippen molar-refractivity contribution in [3.8, 4) is 5.75 Å². The summed E-state index contributed by atoms with van der Waals surface area (Å²) in [6.45, 7) is 10.0. The molecule has 28 heavy (non-hydrogen) atoms. The molecule has 148 valence electrons. The summed E-state index contributed by atoms with van der Waals surface area (Å²) in [6, 6.07) is 13.0. The quantitative estimate of drug-likeness (QED) is 0.448. The molecule has 2 aromatic rings. The average molecular weight is 398 g/mol. The van der Waals surface area contributed by atoms with Crippen LogP contribution in [-0.4, -0.2) is 17.8 Å². The molecule has 2 rings (SSSR count). The summed E-state index contributed by atoms with van der Waals surface area (Å²) in [5.74, 6) is -0.0809. The Hall–Kier alpha value is -2.66. The standard InChI is InChI=1S/C23H27NO3S/c1-6-23(4,18-11-13-19(26-5)14-12-18)20(15-10-17(2)3)22(25)27-24-16-8-7-9-21(24)28/h6-14,16,20H,1,15H2,2-5H3. The summed E-state index contributed by atoms with van der Waals surface area (Å²) >= 11 is 5.25. The van der Waals surface area contributed by atoms with Gasteiger partial charge in [-0.25, -0.2) is 4.79 Å². The first kappa shape index (κ1) is 21.6. The number of pyridine rings is 1. The number of allylic oxidation sites excluding steroid dienone is 3. The lowest BCUT2D eigenvalue weighted by Crippen LogP contribution is -2.40. The zero-order valence-corrected chi connectivity index (χ0v) is 17.7. The minimum Gasteiger partial charge on any atom is -0.497 e. The van der Waals surface area contributed by atoms with Gasteiger partial charge in [-0.2, -0.15) is 4.73 Å². The monoisotopic (exact) mass is 397 g/mol. The van der Waals surface area contributed by atoms with Gasteiger partial charge in [-0.15, -0.1) is 6.58 Å². The van der Waals surface area contributed by atoms with Crippen molar-refractivity contribution < 1.29 is 14.4 Å². The minimum atomic E-state index is -0.633. The van der Waals surface area contributed by atoms with E-state index in [1.54, 1.807) is 31.5 Å². The number of carbonyl (C=O) groups excluding carboxylic acids is 1. The predicted molar refractivity (Wildman–Crippen MR) is 115 cm³/mol. The largest absolute Gasteiger partial charge is 0.497 e. The van der Waals surface area contributed by atoms with E-state index in [1.807, 2.05) is 57.2 Å². The number of ether oxygens (including phenoxy) is 1. The molecule has 2 unspecified atom stereocenters. The third-order valence-corrected chi connectivity index (χ3v) is 5.20. The Kier molecular flexibility index (Phi) is 7.35. The molecule has 1 aromatic heterocycles. The van der Waals surface area contributed by atoms with E-state index >= 15 is 0 Å². The Balaban J connectivity index is 2.44. The van der Waals surface area contributed by atoms with Crippen LogP contribution in [0.3, 0.4) is 0 Å². The van der Waals surface area contributed by atoms with Gasteiger partial charge in [-0.3, -0.25) is 0 Å². The van der Waals surface area contributed by atoms with E-state index in [2.05, 4.69) is 6.58 Å². The maximum Gasteiger partial charge on any atom is 0.337 e. The fourth-order valence-corrected chi connectivity index (χ4v) is 3.18. The van der Waals surface area contributed by atoms with Crippen LogP contribution in [-0.2, 0) is 10.2 Å². The van der Waals surface area contributed by atoms with E-state index in [-0.39, 0.29) is 5.97 Å². The maximum absolute atomic E-state index is 13.2. The average Bonchev–Trinajstić information content (AvgIpc) is 2.69. The molecule has 0 radical (unpaired) electrons. The predicted octanol–water partition coefficient (Wildman–Crippen LogP) is 5.30. The molecule has 0 fully saturated rings. The highest BCUT2D eigenvalue weighted by molar-refractivity contribution is 7.71. The Bertz CT molecular complexity index is 910. The Labute approximate surface area is 172 Å². The van der Waals surface area contributed by atoms with E-state index in [0.29, 0.717) is 11.1 Å². The van der Waals surface area contributed by atoms with E-state index in [0.717, 1.165) is 16.9 Å². The Morgan fingerprint density at radius 3 is 2.46 bits per heavy atom. The molecule has 0 aliphatic heterocycles. The van der Waals surface area contributed by atoms with Crippen molar-refractivity contribution in [1.82, 2.24) is 4.73 Å². The van der Waals surface area contributed by atoms with Crippen LogP contribution in [0.2, 0.25) is 0 Å². The van der Waals surface area contributed by atoms with Gasteiger partial charge in [-0.1, -0.05) is 55.1 Å². The van der Waals surface area contributed by atoms with E-state index in [4.69, 9.17) is 21.8 Å². The first-order valence-electron chi connectivity index (χ1n) is 9.13. The van der Waals surface area contributed by atoms with Crippen LogP contribution < -0.4 is 9.57 Å². The van der Waals surface area contributed by atoms with Crippen LogP contribution in [0.4, 0.5) is 0 Å². The SMILES string of the molecule is C=CC(C)(c1ccc(OC)cc1)C(CC=C(C)C)C(=O)On1ccccc1=S. The topological polar surface area (TPSA) is 40.5 Å². The molecule has 5 heteroatoms. The Morgan fingerprint density at radius 1 is 1.25 bits per heavy atom. The highest BCUT2D eigenvalue weighted by Gasteiger charge is 2.39. The van der Waals surface area contributed by atoms with Crippen molar-refractivity contribution in [2.45, 2.75) is 32.6 Å². The van der Waals surface area contributed by atoms with E-state index in [1.165, 1.54) is 4.73 Å². The van der Waals surface area contributed by atoms with Crippen LogP contribution >= 0.6 is 12.2 Å². The van der Waals surface area contributed by atoms with Crippen molar-refractivity contribution >= 4 is 18.2 Å². The molecule has 1 heterocycles. The van der Waals surface area contributed by atoms with Crippen molar-refractivity contribution in [3.63, 3.8) is 0 Å². The van der Waals surface area contributed by atoms with Gasteiger partial charge in [0.1, 0.15) is 10.4 Å². The molecule has 0 N–H and O–H groups in total. The van der Waals surface area contributed by atoms with Gasteiger partial charge in [-0.05, 0) is 50.1 Å². The smallest absolute Gasteiger partial charge is 0.337 e. The highest BCUT2D eigenvalue weighted by atomic mass is 32.1. The summed E-state index contributed by atoms with van der Waals surface area (Å²) in [5, 5.41) is 0. The highest BCUT2D eigenvalue weighted by Crippen LogP contribution is 2.37. The summed E-state index contributed by atoms with van der Waals surface area (Å²) in [6.07, 6.45) is 6.01. The summed E-state index contributed by atoms with van der Waals surface area (Å²) in [5.41, 5.74) is 1.46. The summed E-state index contributed by atoms with van der Waals surface area (Å²) in [4.78, 5) is 18.8. The zero-order valence-electron chi connectivity index (χ0n) is 16.8. The lowest BCUT2D eigenvalue weighted by Gasteiger charge is -2.33. The zero-order chi connectivity index (χ0) is 20.7. The molecule has 4 nitrogen and oxygen atoms in total. The molecule has 2 atom stereocenters. The fourth-order valence-electron chi connectivity index (χ4n) is 3.00. The normalized spacial score (nSPS) is 13.7. The second-order valence-electron chi connectivity index (χ2n) is 7.06. The summed E-state index contributed by atoms with van der Waals surface area (Å²) < 4.78 is 7.01. The second-order valence-corrected chi connectivity index (χ2v) is 7.48. The number of aromatic nitrogens is 1. The second kappa shape index (κ2) is 9.51. The molecule has 0 saturated heterocycles. The molecule has 0 amide bonds. The first-order valence-corrected chi connectivity index (χ1v) is 9.54. The lowest BCUT2D eigenvalue weighted by atomic mass is 9.70. The van der Waals surface area contributed by atoms with E-state index in [9.17, 15) is 4.79 Å². The molecule has 0 saturated carbocycles. The van der Waals surface area contributed by atoms with Crippen molar-refractivity contribution in [2.24, 2.45) is 5.92 Å². The van der Waals surface area contributed by atoms with Gasteiger partial charge in [0.15, 0.2) is 0 Å². The van der Waals surface area contributed by atoms with Gasteiger partial charge in [0.05, 0.1) is 13.0 Å². The van der Waals surface area contributed by atoms with Crippen LogP contribution in [0.25, 0.3) is 0 Å². The van der Waals surface area contributed by atoms with Crippen molar-refractivity contribution in [1.29, 1.82) is 0 Å². The van der Waals surface area contributed by atoms with Crippen LogP contribution in [0.15, 0.2) is 73.0 Å². The third kappa shape index (κ3) is 4.98. The number of nitrogens with zero attached hydrogens (tertiary/aromatic N) is 1. The van der Waals surface area contributed by atoms with Crippen LogP contribution in [0, 0.1) is 10.6 Å². The van der Waals surface area contributed by atoms with Crippen LogP contribution in [0.5, 0.6) is 5.75 Å². The number of hydrogen-bond acceptors (Lipinski definition) is 4. The van der Waals surface area contributed by atoms with E-state index < -0.39 is 11.3 Å². The molecule has 0 bridgehead atoms. The van der Waals surface area contributed by atoms with Gasteiger partial charge >= 0.3 is 5.97 Å². The number of carbonyl (C=O) groups is 1. The number of methoxy groups -OCH3 is 1. The third-order valence-electron chi connectivity index (χ3n) is 4.88. The number of hydrogen-bond donors (Lipinski definition) is 0. The molecule has 1 aromatic carbocycles. The molecule has 0 aliphatic rings. The van der Waals surface area contributed by atoms with Crippen LogP contribution in [0.1, 0.15) is 32.8 Å². The fraction of sp³-hybridized carbons (Fsp3) is 0.304. The van der Waals surface area contributed by atoms with Gasteiger partial charge in [0.2, 0.25) is 0 Å². The van der Waals surface area contributed by atoms with Crippen molar-refractivity contribution in [3.05, 3.63) is 83.2 Å². The molecule has 0 aliphatic carbocycles. The number of benzene rings is 1. The lowest BCUT2D eigenvalue weighted by molar-refractivity contribution is -0.151. The molecular formula is C23H27NO3S. The first-order chi connectivity index (χ1) is 13.3. The molecule has 0 spiro atoms. The molecular weight excluding hydrogens is 370 g/mol. The van der Waals surface area contributed by atoms with Gasteiger partial charge < -0.3 is 9.57 Å². The summed E-state index contributed by atoms with van der Waals surface area (Å²) in [7, 11) is 1.63. The van der Waals surface area contributed by atoms with Gasteiger partial charge in [0, 0.05) is 11.6 Å². The van der Waals surface area contributed by atoms with Crippen molar-refractivity contribution in [2.75, 3.05) is 7.11 Å².